The fourth-order valence-electron chi connectivity index (χ4n) is 2.85. The van der Waals surface area contributed by atoms with E-state index >= 15 is 0 Å². The van der Waals surface area contributed by atoms with Crippen LogP contribution in [0.4, 0.5) is 5.69 Å². The minimum atomic E-state index is -3.59. The van der Waals surface area contributed by atoms with Crippen LogP contribution < -0.4 is 10.0 Å². The number of sulfonamides is 1. The van der Waals surface area contributed by atoms with Gasteiger partial charge in [0.15, 0.2) is 0 Å². The van der Waals surface area contributed by atoms with Crippen LogP contribution in [-0.2, 0) is 27.7 Å². The molecule has 29 heavy (non-hydrogen) atoms. The fourth-order valence-corrected chi connectivity index (χ4v) is 4.67. The molecule has 0 spiro atoms. The van der Waals surface area contributed by atoms with E-state index in [1.165, 1.54) is 30.0 Å². The van der Waals surface area contributed by atoms with E-state index < -0.39 is 10.0 Å². The highest BCUT2D eigenvalue weighted by Gasteiger charge is 2.16. The van der Waals surface area contributed by atoms with Gasteiger partial charge < -0.3 is 5.32 Å². The molecule has 0 saturated heterocycles. The van der Waals surface area contributed by atoms with E-state index in [4.69, 9.17) is 0 Å². The number of carbonyl (C=O) groups excluding carboxylic acids is 1. The van der Waals surface area contributed by atoms with Crippen molar-refractivity contribution in [1.29, 1.82) is 0 Å². The third kappa shape index (κ3) is 5.09. The Balaban J connectivity index is 1.70. The summed E-state index contributed by atoms with van der Waals surface area (Å²) in [5, 5.41) is 5.49. The predicted octanol–water partition coefficient (Wildman–Crippen LogP) is 3.77. The molecule has 2 N–H and O–H groups in total. The third-order valence-electron chi connectivity index (χ3n) is 4.53. The highest BCUT2D eigenvalue weighted by atomic mass is 32.2. The lowest BCUT2D eigenvalue weighted by atomic mass is 10.1. The summed E-state index contributed by atoms with van der Waals surface area (Å²) in [6.07, 6.45) is 1.10. The summed E-state index contributed by atoms with van der Waals surface area (Å²) in [6, 6.07) is 13.1. The fraction of sp³-hybridized carbons (Fsp3) is 0.238. The van der Waals surface area contributed by atoms with Gasteiger partial charge in [-0.15, -0.1) is 11.3 Å². The van der Waals surface area contributed by atoms with Gasteiger partial charge in [-0.3, -0.25) is 4.79 Å². The van der Waals surface area contributed by atoms with Crippen LogP contribution in [0.1, 0.15) is 23.7 Å². The zero-order valence-electron chi connectivity index (χ0n) is 16.5. The molecule has 0 radical (unpaired) electrons. The zero-order chi connectivity index (χ0) is 21.0. The van der Waals surface area contributed by atoms with Crippen molar-refractivity contribution < 1.29 is 13.2 Å². The van der Waals surface area contributed by atoms with Gasteiger partial charge in [0.1, 0.15) is 5.01 Å². The maximum atomic E-state index is 12.4. The maximum Gasteiger partial charge on any atom is 0.240 e. The second-order valence-electron chi connectivity index (χ2n) is 6.61. The van der Waals surface area contributed by atoms with Crippen LogP contribution in [0.5, 0.6) is 0 Å². The highest BCUT2D eigenvalue weighted by Crippen LogP contribution is 2.25. The van der Waals surface area contributed by atoms with Crippen molar-refractivity contribution in [2.24, 2.45) is 0 Å². The molecule has 8 heteroatoms. The molecule has 0 aliphatic heterocycles. The summed E-state index contributed by atoms with van der Waals surface area (Å²) in [5.41, 5.74) is 4.01. The van der Waals surface area contributed by atoms with Crippen molar-refractivity contribution in [2.45, 2.75) is 31.6 Å². The number of nitrogens with one attached hydrogen (secondary N) is 2. The molecule has 152 valence electrons. The Morgan fingerprint density at radius 3 is 2.52 bits per heavy atom. The molecule has 0 atom stereocenters. The molecule has 0 saturated carbocycles. The monoisotopic (exact) mass is 429 g/mol. The minimum absolute atomic E-state index is 0.117. The predicted molar refractivity (Wildman–Crippen MR) is 117 cm³/mol. The number of hydrogen-bond acceptors (Lipinski definition) is 5. The average Bonchev–Trinajstić information content (AvgIpc) is 3.17. The van der Waals surface area contributed by atoms with Gasteiger partial charge in [-0.1, -0.05) is 37.3 Å². The van der Waals surface area contributed by atoms with Gasteiger partial charge in [0.05, 0.1) is 17.0 Å². The molecule has 3 aromatic rings. The number of benzene rings is 2. The first kappa shape index (κ1) is 21.2. The van der Waals surface area contributed by atoms with E-state index in [0.29, 0.717) is 16.9 Å². The Morgan fingerprint density at radius 2 is 1.86 bits per heavy atom. The van der Waals surface area contributed by atoms with Crippen LogP contribution in [-0.4, -0.2) is 26.4 Å². The van der Waals surface area contributed by atoms with Crippen molar-refractivity contribution >= 4 is 33.0 Å². The van der Waals surface area contributed by atoms with Gasteiger partial charge in [-0.05, 0) is 43.7 Å². The van der Waals surface area contributed by atoms with Gasteiger partial charge in [0.25, 0.3) is 0 Å². The number of anilines is 1. The van der Waals surface area contributed by atoms with Gasteiger partial charge in [0.2, 0.25) is 15.9 Å². The summed E-state index contributed by atoms with van der Waals surface area (Å²) in [4.78, 5) is 17.1. The molecule has 0 bridgehead atoms. The number of carbonyl (C=O) groups is 1. The number of thiazole rings is 1. The number of hydrogen-bond donors (Lipinski definition) is 2. The normalized spacial score (nSPS) is 11.4. The average molecular weight is 430 g/mol. The SMILES string of the molecule is CCc1ccc(-c2nc(CC(=O)Nc3ccc(C)c(S(=O)(=O)NC)c3)cs2)cc1. The smallest absolute Gasteiger partial charge is 0.240 e. The maximum absolute atomic E-state index is 12.4. The lowest BCUT2D eigenvalue weighted by molar-refractivity contribution is -0.115. The van der Waals surface area contributed by atoms with Crippen LogP contribution in [0.3, 0.4) is 0 Å². The molecule has 1 aromatic heterocycles. The summed E-state index contributed by atoms with van der Waals surface area (Å²) in [7, 11) is -2.23. The first-order chi connectivity index (χ1) is 13.8. The van der Waals surface area contributed by atoms with Crippen molar-refractivity contribution in [3.05, 3.63) is 64.7 Å². The van der Waals surface area contributed by atoms with Gasteiger partial charge in [-0.25, -0.2) is 18.1 Å². The van der Waals surface area contributed by atoms with E-state index in [1.807, 2.05) is 17.5 Å². The number of amides is 1. The van der Waals surface area contributed by atoms with Crippen molar-refractivity contribution in [2.75, 3.05) is 12.4 Å². The van der Waals surface area contributed by atoms with Gasteiger partial charge in [0, 0.05) is 16.6 Å². The summed E-state index contributed by atoms with van der Waals surface area (Å²) >= 11 is 1.50. The quantitative estimate of drug-likeness (QED) is 0.598. The van der Waals surface area contributed by atoms with Crippen molar-refractivity contribution in [3.63, 3.8) is 0 Å². The summed E-state index contributed by atoms with van der Waals surface area (Å²) < 4.78 is 26.5. The first-order valence-corrected chi connectivity index (χ1v) is 11.6. The zero-order valence-corrected chi connectivity index (χ0v) is 18.2. The van der Waals surface area contributed by atoms with Crippen LogP contribution in [0.2, 0.25) is 0 Å². The summed E-state index contributed by atoms with van der Waals surface area (Å²) in [5.74, 6) is -0.250. The highest BCUT2D eigenvalue weighted by molar-refractivity contribution is 7.89. The number of rotatable bonds is 7. The summed E-state index contributed by atoms with van der Waals surface area (Å²) in [6.45, 7) is 3.82. The molecular weight excluding hydrogens is 406 g/mol. The number of nitrogens with zero attached hydrogens (tertiary/aromatic N) is 1. The minimum Gasteiger partial charge on any atom is -0.326 e. The molecule has 6 nitrogen and oxygen atoms in total. The Bertz CT molecular complexity index is 1120. The molecule has 0 aliphatic carbocycles. The Hall–Kier alpha value is -2.55. The number of aryl methyl sites for hydroxylation is 2. The standard InChI is InChI=1S/C21H23N3O3S2/c1-4-15-6-8-16(9-7-15)21-24-18(13-28-21)12-20(25)23-17-10-5-14(2)19(11-17)29(26,27)22-3/h5-11,13,22H,4,12H2,1-3H3,(H,23,25). The van der Waals surface area contributed by atoms with Crippen LogP contribution in [0.25, 0.3) is 10.6 Å². The van der Waals surface area contributed by atoms with Gasteiger partial charge in [-0.2, -0.15) is 0 Å². The second kappa shape index (κ2) is 8.86. The lowest BCUT2D eigenvalue weighted by Crippen LogP contribution is -2.20. The van der Waals surface area contributed by atoms with Crippen LogP contribution in [0.15, 0.2) is 52.7 Å². The Labute approximate surface area is 175 Å². The van der Waals surface area contributed by atoms with E-state index in [1.54, 1.807) is 19.1 Å². The third-order valence-corrected chi connectivity index (χ3v) is 7.03. The molecule has 3 rings (SSSR count). The molecule has 0 aliphatic rings. The van der Waals surface area contributed by atoms with Crippen molar-refractivity contribution in [3.8, 4) is 10.6 Å². The van der Waals surface area contributed by atoms with E-state index in [9.17, 15) is 13.2 Å². The van der Waals surface area contributed by atoms with Crippen LogP contribution in [0, 0.1) is 6.92 Å². The van der Waals surface area contributed by atoms with Gasteiger partial charge >= 0.3 is 0 Å². The first-order valence-electron chi connectivity index (χ1n) is 9.20. The lowest BCUT2D eigenvalue weighted by Gasteiger charge is -2.10. The molecule has 0 unspecified atom stereocenters. The molecule has 1 amide bonds. The second-order valence-corrected chi connectivity index (χ2v) is 9.32. The molecular formula is C21H23N3O3S2. The van der Waals surface area contributed by atoms with Crippen molar-refractivity contribution in [1.82, 2.24) is 9.71 Å². The Kier molecular flexibility index (Phi) is 6.46. The van der Waals surface area contributed by atoms with E-state index in [0.717, 1.165) is 17.0 Å². The Morgan fingerprint density at radius 1 is 1.14 bits per heavy atom. The van der Waals surface area contributed by atoms with E-state index in [-0.39, 0.29) is 17.2 Å². The van der Waals surface area contributed by atoms with E-state index in [2.05, 4.69) is 34.1 Å². The number of aromatic nitrogens is 1. The molecule has 1 heterocycles. The topological polar surface area (TPSA) is 88.2 Å². The largest absolute Gasteiger partial charge is 0.326 e. The molecule has 0 fully saturated rings. The molecule has 2 aromatic carbocycles. The van der Waals surface area contributed by atoms with Crippen LogP contribution >= 0.6 is 11.3 Å².